The van der Waals surface area contributed by atoms with Gasteiger partial charge in [0.2, 0.25) is 5.91 Å². The fourth-order valence-corrected chi connectivity index (χ4v) is 1.17. The van der Waals surface area contributed by atoms with Crippen LogP contribution in [0.2, 0.25) is 0 Å². The lowest BCUT2D eigenvalue weighted by Crippen LogP contribution is -2.26. The molecule has 8 heteroatoms. The zero-order chi connectivity index (χ0) is 12.6. The molecule has 8 N–H and O–H groups in total. The molecule has 0 unspecified atom stereocenters. The van der Waals surface area contributed by atoms with Crippen LogP contribution < -0.4 is 17.2 Å². The van der Waals surface area contributed by atoms with Crippen molar-refractivity contribution >= 4 is 17.6 Å². The van der Waals surface area contributed by atoms with Crippen molar-refractivity contribution in [1.29, 1.82) is 0 Å². The smallest absolute Gasteiger partial charge is 0.220 e. The Bertz CT molecular complexity index is 267. The lowest BCUT2D eigenvalue weighted by molar-refractivity contribution is -0.122. The summed E-state index contributed by atoms with van der Waals surface area (Å²) in [6, 6.07) is 0. The van der Waals surface area contributed by atoms with E-state index in [1.807, 2.05) is 0 Å². The molecule has 0 spiro atoms. The van der Waals surface area contributed by atoms with E-state index >= 15 is 0 Å². The second-order valence-electron chi connectivity index (χ2n) is 3.36. The van der Waals surface area contributed by atoms with E-state index in [-0.39, 0.29) is 24.5 Å². The van der Waals surface area contributed by atoms with E-state index in [4.69, 9.17) is 27.6 Å². The minimum atomic E-state index is -0.489. The maximum Gasteiger partial charge on any atom is 0.220 e. The fourth-order valence-electron chi connectivity index (χ4n) is 1.17. The monoisotopic (exact) mass is 231 g/mol. The molecule has 0 aliphatic carbocycles. The number of amides is 1. The Kier molecular flexibility index (Phi) is 6.41. The molecule has 8 nitrogen and oxygen atoms in total. The summed E-state index contributed by atoms with van der Waals surface area (Å²) < 4.78 is 0. The van der Waals surface area contributed by atoms with Gasteiger partial charge in [-0.1, -0.05) is 10.3 Å². The Morgan fingerprint density at radius 1 is 1.00 bits per heavy atom. The number of carbonyl (C=O) groups is 1. The van der Waals surface area contributed by atoms with Crippen molar-refractivity contribution in [2.75, 3.05) is 0 Å². The molecule has 0 aromatic heterocycles. The number of rotatable bonds is 7. The summed E-state index contributed by atoms with van der Waals surface area (Å²) in [4.78, 5) is 11.0. The van der Waals surface area contributed by atoms with Gasteiger partial charge >= 0.3 is 0 Å². The van der Waals surface area contributed by atoms with Crippen molar-refractivity contribution in [3.8, 4) is 0 Å². The molecule has 0 aliphatic heterocycles. The number of primary amides is 1. The summed E-state index contributed by atoms with van der Waals surface area (Å²) in [6.45, 7) is 0. The number of amidine groups is 2. The van der Waals surface area contributed by atoms with Crippen molar-refractivity contribution in [1.82, 2.24) is 0 Å². The zero-order valence-corrected chi connectivity index (χ0v) is 8.83. The largest absolute Gasteiger partial charge is 0.409 e. The maximum atomic E-state index is 11.0. The second-order valence-corrected chi connectivity index (χ2v) is 3.36. The first-order valence-corrected chi connectivity index (χ1v) is 4.73. The highest BCUT2D eigenvalue weighted by Gasteiger charge is 2.16. The first-order chi connectivity index (χ1) is 7.51. The van der Waals surface area contributed by atoms with Crippen LogP contribution in [0.4, 0.5) is 0 Å². The summed E-state index contributed by atoms with van der Waals surface area (Å²) in [7, 11) is 0. The molecule has 16 heavy (non-hydrogen) atoms. The third-order valence-electron chi connectivity index (χ3n) is 2.16. The van der Waals surface area contributed by atoms with E-state index in [0.717, 1.165) is 0 Å². The van der Waals surface area contributed by atoms with Gasteiger partial charge in [-0.05, 0) is 12.8 Å². The summed E-state index contributed by atoms with van der Waals surface area (Å²) in [5.41, 5.74) is 15.7. The average Bonchev–Trinajstić information content (AvgIpc) is 2.27. The van der Waals surface area contributed by atoms with Gasteiger partial charge < -0.3 is 27.6 Å². The lowest BCUT2D eigenvalue weighted by atomic mass is 9.96. The minimum Gasteiger partial charge on any atom is -0.409 e. The van der Waals surface area contributed by atoms with Gasteiger partial charge in [-0.15, -0.1) is 0 Å². The standard InChI is InChI=1S/C8H17N5O3/c9-6(12-15)3-1-5(8(11)14)2-4-7(10)13-16/h5,15-16H,1-4H2,(H2,9,12)(H2,10,13)(H2,11,14). The van der Waals surface area contributed by atoms with Crippen LogP contribution in [0.5, 0.6) is 0 Å². The molecule has 1 amide bonds. The van der Waals surface area contributed by atoms with Gasteiger partial charge in [0.05, 0.1) is 0 Å². The van der Waals surface area contributed by atoms with Crippen LogP contribution in [0, 0.1) is 5.92 Å². The normalized spacial score (nSPS) is 13.1. The molecule has 0 saturated carbocycles. The molecule has 0 atom stereocenters. The van der Waals surface area contributed by atoms with Gasteiger partial charge in [0, 0.05) is 18.8 Å². The fraction of sp³-hybridized carbons (Fsp3) is 0.625. The van der Waals surface area contributed by atoms with Crippen LogP contribution in [-0.2, 0) is 4.79 Å². The van der Waals surface area contributed by atoms with Crippen molar-refractivity contribution in [2.45, 2.75) is 25.7 Å². The zero-order valence-electron chi connectivity index (χ0n) is 8.83. The van der Waals surface area contributed by atoms with Crippen LogP contribution in [0.1, 0.15) is 25.7 Å². The van der Waals surface area contributed by atoms with E-state index in [1.54, 1.807) is 0 Å². The van der Waals surface area contributed by atoms with Crippen LogP contribution in [0.15, 0.2) is 10.3 Å². The molecule has 0 heterocycles. The van der Waals surface area contributed by atoms with Crippen LogP contribution >= 0.6 is 0 Å². The molecule has 0 bridgehead atoms. The summed E-state index contributed by atoms with van der Waals surface area (Å²) in [6.07, 6.45) is 1.26. The molecule has 0 fully saturated rings. The van der Waals surface area contributed by atoms with Crippen LogP contribution in [0.3, 0.4) is 0 Å². The summed E-state index contributed by atoms with van der Waals surface area (Å²) in [5, 5.41) is 22.2. The van der Waals surface area contributed by atoms with Gasteiger partial charge in [0.1, 0.15) is 11.7 Å². The predicted molar refractivity (Wildman–Crippen MR) is 58.0 cm³/mol. The number of hydrogen-bond donors (Lipinski definition) is 5. The van der Waals surface area contributed by atoms with Gasteiger partial charge in [-0.2, -0.15) is 0 Å². The van der Waals surface area contributed by atoms with Crippen molar-refractivity contribution in [2.24, 2.45) is 33.4 Å². The van der Waals surface area contributed by atoms with Gasteiger partial charge in [0.25, 0.3) is 0 Å². The molecule has 0 aliphatic rings. The summed E-state index contributed by atoms with van der Waals surface area (Å²) >= 11 is 0. The topological polar surface area (TPSA) is 160 Å². The lowest BCUT2D eigenvalue weighted by Gasteiger charge is -2.11. The van der Waals surface area contributed by atoms with E-state index in [2.05, 4.69) is 10.3 Å². The Balaban J connectivity index is 4.13. The van der Waals surface area contributed by atoms with Crippen molar-refractivity contribution < 1.29 is 15.2 Å². The van der Waals surface area contributed by atoms with Crippen molar-refractivity contribution in [3.05, 3.63) is 0 Å². The third kappa shape index (κ3) is 5.68. The highest BCUT2D eigenvalue weighted by Crippen LogP contribution is 2.13. The number of nitrogens with zero attached hydrogens (tertiary/aromatic N) is 2. The molecular weight excluding hydrogens is 214 g/mol. The molecule has 0 radical (unpaired) electrons. The quantitative estimate of drug-likeness (QED) is 0.166. The molecule has 92 valence electrons. The minimum absolute atomic E-state index is 0.0371. The number of hydrogen-bond acceptors (Lipinski definition) is 5. The van der Waals surface area contributed by atoms with E-state index < -0.39 is 11.8 Å². The van der Waals surface area contributed by atoms with E-state index in [9.17, 15) is 4.79 Å². The van der Waals surface area contributed by atoms with Gasteiger partial charge in [-0.25, -0.2) is 0 Å². The van der Waals surface area contributed by atoms with Crippen LogP contribution in [0.25, 0.3) is 0 Å². The first-order valence-electron chi connectivity index (χ1n) is 4.73. The highest BCUT2D eigenvalue weighted by molar-refractivity contribution is 5.83. The molecular formula is C8H17N5O3. The van der Waals surface area contributed by atoms with Gasteiger partial charge in [-0.3, -0.25) is 4.79 Å². The highest BCUT2D eigenvalue weighted by atomic mass is 16.4. The Hall–Kier alpha value is -1.99. The summed E-state index contributed by atoms with van der Waals surface area (Å²) in [5.74, 6) is -0.859. The predicted octanol–water partition coefficient (Wildman–Crippen LogP) is -0.859. The molecule has 0 saturated heterocycles. The SMILES string of the molecule is NC(=O)C(CC/C(N)=N\O)CC/C(N)=N\O. The second kappa shape index (κ2) is 7.32. The number of oxime groups is 2. The Morgan fingerprint density at radius 3 is 1.62 bits per heavy atom. The molecule has 0 aromatic carbocycles. The first kappa shape index (κ1) is 14.0. The number of nitrogens with two attached hydrogens (primary N) is 3. The van der Waals surface area contributed by atoms with Gasteiger partial charge in [0.15, 0.2) is 0 Å². The Morgan fingerprint density at radius 2 is 1.38 bits per heavy atom. The van der Waals surface area contributed by atoms with E-state index in [1.165, 1.54) is 0 Å². The molecule has 0 aromatic rings. The van der Waals surface area contributed by atoms with Crippen molar-refractivity contribution in [3.63, 3.8) is 0 Å². The third-order valence-corrected chi connectivity index (χ3v) is 2.16. The molecule has 0 rings (SSSR count). The average molecular weight is 231 g/mol. The van der Waals surface area contributed by atoms with Crippen LogP contribution in [-0.4, -0.2) is 28.0 Å². The maximum absolute atomic E-state index is 11.0. The Labute approximate surface area is 92.8 Å². The van der Waals surface area contributed by atoms with E-state index in [0.29, 0.717) is 12.8 Å². The number of carbonyl (C=O) groups excluding carboxylic acids is 1.